The Labute approximate surface area is 53.5 Å². The Hall–Kier alpha value is -0.640. The summed E-state index contributed by atoms with van der Waals surface area (Å²) in [5.74, 6) is -0.551. The fraction of sp³-hybridized carbons (Fsp3) is 0.500. The van der Waals surface area contributed by atoms with Gasteiger partial charge in [0.2, 0.25) is 0 Å². The molecule has 0 aliphatic rings. The molecule has 0 aromatic heterocycles. The van der Waals surface area contributed by atoms with E-state index in [9.17, 15) is 4.79 Å². The number of rotatable bonds is 0. The molecule has 0 rings (SSSR count). The first-order chi connectivity index (χ1) is 3.55. The Morgan fingerprint density at radius 3 is 2.00 bits per heavy atom. The molecule has 46 valence electrons. The van der Waals surface area contributed by atoms with Crippen LogP contribution in [0, 0.1) is 0 Å². The molecule has 0 spiro atoms. The number of carbonyl (C=O) groups excluding carboxylic acids is 1. The Morgan fingerprint density at radius 2 is 2.00 bits per heavy atom. The highest BCUT2D eigenvalue weighted by Crippen LogP contribution is 1.78. The van der Waals surface area contributed by atoms with Crippen LogP contribution in [0.5, 0.6) is 0 Å². The van der Waals surface area contributed by atoms with Crippen molar-refractivity contribution in [2.24, 2.45) is 5.73 Å². The van der Waals surface area contributed by atoms with Gasteiger partial charge < -0.3 is 10.6 Å². The van der Waals surface area contributed by atoms with Crippen molar-refractivity contribution < 1.29 is 4.79 Å². The van der Waals surface area contributed by atoms with Crippen LogP contribution in [0.4, 0.5) is 0 Å². The van der Waals surface area contributed by atoms with Crippen molar-refractivity contribution in [3.8, 4) is 0 Å². The van der Waals surface area contributed by atoms with E-state index in [1.54, 1.807) is 14.1 Å². The molecule has 0 fully saturated rings. The van der Waals surface area contributed by atoms with Gasteiger partial charge in [-0.2, -0.15) is 0 Å². The number of nitrogens with zero attached hydrogens (tertiary/aromatic N) is 1. The second-order valence-electron chi connectivity index (χ2n) is 1.56. The van der Waals surface area contributed by atoms with Crippen molar-refractivity contribution in [3.05, 3.63) is 0 Å². The lowest BCUT2D eigenvalue weighted by Gasteiger charge is -2.08. The van der Waals surface area contributed by atoms with E-state index in [1.165, 1.54) is 4.90 Å². The fourth-order valence-corrected chi connectivity index (χ4v) is 0.220. The largest absolute Gasteiger partial charge is 0.364 e. The maximum atomic E-state index is 10.2. The van der Waals surface area contributed by atoms with Crippen molar-refractivity contribution in [1.82, 2.24) is 4.90 Å². The summed E-state index contributed by atoms with van der Waals surface area (Å²) in [4.78, 5) is 11.8. The predicted octanol–water partition coefficient (Wildman–Crippen LogP) is -0.639. The van der Waals surface area contributed by atoms with E-state index in [2.05, 4.69) is 12.2 Å². The van der Waals surface area contributed by atoms with Crippen molar-refractivity contribution in [3.63, 3.8) is 0 Å². The van der Waals surface area contributed by atoms with Crippen LogP contribution in [-0.4, -0.2) is 29.9 Å². The van der Waals surface area contributed by atoms with Crippen LogP contribution >= 0.6 is 12.2 Å². The minimum atomic E-state index is -0.551. The molecule has 3 nitrogen and oxygen atoms in total. The molecule has 0 atom stereocenters. The first-order valence-electron chi connectivity index (χ1n) is 2.06. The molecule has 8 heavy (non-hydrogen) atoms. The van der Waals surface area contributed by atoms with Crippen LogP contribution in [0.2, 0.25) is 0 Å². The molecule has 0 radical (unpaired) electrons. The molecule has 0 aromatic carbocycles. The van der Waals surface area contributed by atoms with Gasteiger partial charge in [0, 0.05) is 14.1 Å². The summed E-state index contributed by atoms with van der Waals surface area (Å²) in [5, 5.41) is 0. The molecular weight excluding hydrogens is 124 g/mol. The van der Waals surface area contributed by atoms with E-state index in [1.807, 2.05) is 0 Å². The van der Waals surface area contributed by atoms with E-state index < -0.39 is 5.91 Å². The highest BCUT2D eigenvalue weighted by Gasteiger charge is 2.03. The minimum Gasteiger partial charge on any atom is -0.364 e. The number of likely N-dealkylation sites (N-methyl/N-ethyl adjacent to an activating group) is 1. The maximum Gasteiger partial charge on any atom is 0.276 e. The summed E-state index contributed by atoms with van der Waals surface area (Å²) in [7, 11) is 3.35. The van der Waals surface area contributed by atoms with E-state index in [0.717, 1.165) is 0 Å². The number of hydrogen-bond acceptors (Lipinski definition) is 2. The van der Waals surface area contributed by atoms with Gasteiger partial charge in [-0.05, 0) is 0 Å². The molecule has 0 unspecified atom stereocenters. The van der Waals surface area contributed by atoms with Crippen LogP contribution < -0.4 is 5.73 Å². The zero-order valence-electron chi connectivity index (χ0n) is 4.84. The van der Waals surface area contributed by atoms with Crippen molar-refractivity contribution in [1.29, 1.82) is 0 Å². The van der Waals surface area contributed by atoms with Gasteiger partial charge in [0.15, 0.2) is 4.99 Å². The summed E-state index contributed by atoms with van der Waals surface area (Å²) >= 11 is 4.55. The van der Waals surface area contributed by atoms with Gasteiger partial charge in [-0.25, -0.2) is 0 Å². The van der Waals surface area contributed by atoms with Gasteiger partial charge >= 0.3 is 0 Å². The molecule has 0 aromatic rings. The summed E-state index contributed by atoms with van der Waals surface area (Å²) < 4.78 is 0. The minimum absolute atomic E-state index is 0.157. The normalized spacial score (nSPS) is 8.25. The van der Waals surface area contributed by atoms with Crippen LogP contribution in [0.1, 0.15) is 0 Å². The predicted molar refractivity (Wildman–Crippen MR) is 35.5 cm³/mol. The standard InChI is InChI=1S/C4H8N2OS/c1-6(2)4(8)3(5)7/h1-2H3,(H2,5,7). The fourth-order valence-electron chi connectivity index (χ4n) is 0.220. The lowest BCUT2D eigenvalue weighted by Crippen LogP contribution is -2.33. The third kappa shape index (κ3) is 1.88. The lowest BCUT2D eigenvalue weighted by molar-refractivity contribution is -0.112. The van der Waals surface area contributed by atoms with Crippen molar-refractivity contribution in [2.75, 3.05) is 14.1 Å². The topological polar surface area (TPSA) is 46.3 Å². The van der Waals surface area contributed by atoms with Gasteiger partial charge in [-0.15, -0.1) is 0 Å². The SMILES string of the molecule is CN(C)C(=S)C(N)=O. The zero-order chi connectivity index (χ0) is 6.73. The molecule has 1 amide bonds. The van der Waals surface area contributed by atoms with Crippen LogP contribution in [-0.2, 0) is 4.79 Å². The number of nitrogens with two attached hydrogens (primary N) is 1. The Kier molecular flexibility index (Phi) is 2.41. The van der Waals surface area contributed by atoms with E-state index in [4.69, 9.17) is 5.73 Å². The Bertz CT molecular complexity index is 121. The van der Waals surface area contributed by atoms with Gasteiger partial charge in [0.25, 0.3) is 5.91 Å². The second-order valence-corrected chi connectivity index (χ2v) is 1.95. The summed E-state index contributed by atoms with van der Waals surface area (Å²) in [5.41, 5.74) is 4.82. The molecular formula is C4H8N2OS. The first-order valence-corrected chi connectivity index (χ1v) is 2.47. The van der Waals surface area contributed by atoms with Gasteiger partial charge in [-0.3, -0.25) is 4.79 Å². The maximum absolute atomic E-state index is 10.2. The molecule has 0 saturated heterocycles. The lowest BCUT2D eigenvalue weighted by atomic mass is 10.6. The number of hydrogen-bond donors (Lipinski definition) is 1. The summed E-state index contributed by atoms with van der Waals surface area (Å²) in [6.45, 7) is 0. The summed E-state index contributed by atoms with van der Waals surface area (Å²) in [6, 6.07) is 0. The van der Waals surface area contributed by atoms with E-state index in [0.29, 0.717) is 0 Å². The van der Waals surface area contributed by atoms with Crippen LogP contribution in [0.3, 0.4) is 0 Å². The molecule has 0 bridgehead atoms. The smallest absolute Gasteiger partial charge is 0.276 e. The van der Waals surface area contributed by atoms with Gasteiger partial charge in [0.05, 0.1) is 0 Å². The molecule has 0 aliphatic heterocycles. The number of primary amides is 1. The molecule has 0 heterocycles. The average molecular weight is 132 g/mol. The third-order valence-corrected chi connectivity index (χ3v) is 1.18. The number of carbonyl (C=O) groups is 1. The second kappa shape index (κ2) is 2.61. The van der Waals surface area contributed by atoms with Gasteiger partial charge in [-0.1, -0.05) is 12.2 Å². The quantitative estimate of drug-likeness (QED) is 0.446. The van der Waals surface area contributed by atoms with Gasteiger partial charge in [0.1, 0.15) is 0 Å². The van der Waals surface area contributed by atoms with Crippen molar-refractivity contribution >= 4 is 23.1 Å². The summed E-state index contributed by atoms with van der Waals surface area (Å²) in [6.07, 6.45) is 0. The average Bonchev–Trinajstić information content (AvgIpc) is 1.64. The van der Waals surface area contributed by atoms with Crippen LogP contribution in [0.25, 0.3) is 0 Å². The van der Waals surface area contributed by atoms with E-state index >= 15 is 0 Å². The van der Waals surface area contributed by atoms with Crippen molar-refractivity contribution in [2.45, 2.75) is 0 Å². The van der Waals surface area contributed by atoms with Crippen LogP contribution in [0.15, 0.2) is 0 Å². The molecule has 2 N–H and O–H groups in total. The van der Waals surface area contributed by atoms with E-state index in [-0.39, 0.29) is 4.99 Å². The number of thiocarbonyl (C=S) groups is 1. The Balaban J connectivity index is 3.84. The molecule has 0 aliphatic carbocycles. The number of amides is 1. The Morgan fingerprint density at radius 1 is 1.62 bits per heavy atom. The molecule has 0 saturated carbocycles. The highest BCUT2D eigenvalue weighted by molar-refractivity contribution is 7.81. The first kappa shape index (κ1) is 7.36. The highest BCUT2D eigenvalue weighted by atomic mass is 32.1. The third-order valence-electron chi connectivity index (χ3n) is 0.617. The zero-order valence-corrected chi connectivity index (χ0v) is 5.66. The molecule has 4 heteroatoms. The monoisotopic (exact) mass is 132 g/mol.